The van der Waals surface area contributed by atoms with Crippen LogP contribution in [0.4, 0.5) is 5.69 Å². The summed E-state index contributed by atoms with van der Waals surface area (Å²) in [6.45, 7) is 3.79. The van der Waals surface area contributed by atoms with E-state index in [-0.39, 0.29) is 6.61 Å². The lowest BCUT2D eigenvalue weighted by Gasteiger charge is -2.22. The Labute approximate surface area is 115 Å². The number of nitrogens with zero attached hydrogens (tertiary/aromatic N) is 1. The molecule has 0 saturated heterocycles. The van der Waals surface area contributed by atoms with Crippen molar-refractivity contribution in [3.63, 3.8) is 0 Å². The summed E-state index contributed by atoms with van der Waals surface area (Å²) >= 11 is 3.47. The second-order valence-electron chi connectivity index (χ2n) is 4.03. The first-order valence-electron chi connectivity index (χ1n) is 5.91. The first kappa shape index (κ1) is 13.2. The number of furan rings is 1. The summed E-state index contributed by atoms with van der Waals surface area (Å²) in [5, 5.41) is 9.15. The van der Waals surface area contributed by atoms with Crippen molar-refractivity contribution in [1.29, 1.82) is 0 Å². The van der Waals surface area contributed by atoms with E-state index in [1.165, 1.54) is 0 Å². The first-order valence-corrected chi connectivity index (χ1v) is 6.70. The molecule has 0 bridgehead atoms. The van der Waals surface area contributed by atoms with Gasteiger partial charge in [-0.2, -0.15) is 0 Å². The molecule has 0 aliphatic heterocycles. The van der Waals surface area contributed by atoms with Gasteiger partial charge in [0.15, 0.2) is 0 Å². The Morgan fingerprint density at radius 1 is 1.33 bits per heavy atom. The molecule has 1 heterocycles. The van der Waals surface area contributed by atoms with E-state index in [0.29, 0.717) is 0 Å². The van der Waals surface area contributed by atoms with Crippen LogP contribution in [0, 0.1) is 0 Å². The minimum absolute atomic E-state index is 0.0468. The van der Waals surface area contributed by atoms with Gasteiger partial charge in [-0.15, -0.1) is 0 Å². The van der Waals surface area contributed by atoms with Crippen LogP contribution in [0.5, 0.6) is 0 Å². The standard InChI is InChI=1S/C14H16BrNO2/c1-2-16(9-13-4-3-7-18-13)12-6-5-11(10-17)14(15)8-12/h3-8,17H,2,9-10H2,1H3. The highest BCUT2D eigenvalue weighted by Crippen LogP contribution is 2.25. The second kappa shape index (κ2) is 6.07. The van der Waals surface area contributed by atoms with E-state index in [0.717, 1.165) is 34.6 Å². The molecule has 1 N–H and O–H groups in total. The van der Waals surface area contributed by atoms with Crippen LogP contribution >= 0.6 is 15.9 Å². The summed E-state index contributed by atoms with van der Waals surface area (Å²) in [6.07, 6.45) is 1.69. The first-order chi connectivity index (χ1) is 8.74. The molecular weight excluding hydrogens is 294 g/mol. The van der Waals surface area contributed by atoms with Gasteiger partial charge in [0.05, 0.1) is 19.4 Å². The lowest BCUT2D eigenvalue weighted by Crippen LogP contribution is -2.21. The van der Waals surface area contributed by atoms with Crippen molar-refractivity contribution in [1.82, 2.24) is 0 Å². The molecule has 1 aromatic heterocycles. The number of hydrogen-bond acceptors (Lipinski definition) is 3. The van der Waals surface area contributed by atoms with Crippen molar-refractivity contribution in [2.24, 2.45) is 0 Å². The van der Waals surface area contributed by atoms with Crippen LogP contribution in [0.1, 0.15) is 18.2 Å². The number of aliphatic hydroxyl groups is 1. The largest absolute Gasteiger partial charge is 0.467 e. The van der Waals surface area contributed by atoms with E-state index in [1.54, 1.807) is 6.26 Å². The van der Waals surface area contributed by atoms with E-state index in [4.69, 9.17) is 9.52 Å². The number of anilines is 1. The third-order valence-corrected chi connectivity index (χ3v) is 3.62. The highest BCUT2D eigenvalue weighted by Gasteiger charge is 2.09. The Morgan fingerprint density at radius 2 is 2.17 bits per heavy atom. The number of benzene rings is 1. The minimum atomic E-state index is 0.0468. The van der Waals surface area contributed by atoms with Crippen LogP contribution in [-0.2, 0) is 13.2 Å². The lowest BCUT2D eigenvalue weighted by molar-refractivity contribution is 0.281. The monoisotopic (exact) mass is 309 g/mol. The van der Waals surface area contributed by atoms with Crippen molar-refractivity contribution < 1.29 is 9.52 Å². The molecule has 3 nitrogen and oxygen atoms in total. The molecule has 0 amide bonds. The van der Waals surface area contributed by atoms with E-state index in [2.05, 4.69) is 27.8 Å². The molecule has 2 rings (SSSR count). The predicted octanol–water partition coefficient (Wildman–Crippen LogP) is 3.56. The van der Waals surface area contributed by atoms with Crippen molar-refractivity contribution >= 4 is 21.6 Å². The number of halogens is 1. The van der Waals surface area contributed by atoms with Gasteiger partial charge in [0.2, 0.25) is 0 Å². The SMILES string of the molecule is CCN(Cc1ccco1)c1ccc(CO)c(Br)c1. The molecule has 0 saturated carbocycles. The Bertz CT molecular complexity index is 497. The summed E-state index contributed by atoms with van der Waals surface area (Å²) < 4.78 is 6.30. The van der Waals surface area contributed by atoms with Crippen molar-refractivity contribution in [3.05, 3.63) is 52.4 Å². The van der Waals surface area contributed by atoms with E-state index >= 15 is 0 Å². The molecule has 0 radical (unpaired) electrons. The van der Waals surface area contributed by atoms with Gasteiger partial charge in [-0.1, -0.05) is 22.0 Å². The van der Waals surface area contributed by atoms with E-state index < -0.39 is 0 Å². The molecule has 0 atom stereocenters. The van der Waals surface area contributed by atoms with Gasteiger partial charge >= 0.3 is 0 Å². The highest BCUT2D eigenvalue weighted by atomic mass is 79.9. The van der Waals surface area contributed by atoms with Crippen LogP contribution < -0.4 is 4.90 Å². The number of aliphatic hydroxyl groups excluding tert-OH is 1. The molecule has 96 valence electrons. The fraction of sp³-hybridized carbons (Fsp3) is 0.286. The van der Waals surface area contributed by atoms with Crippen LogP contribution in [-0.4, -0.2) is 11.7 Å². The van der Waals surface area contributed by atoms with Crippen molar-refractivity contribution in [2.75, 3.05) is 11.4 Å². The zero-order valence-corrected chi connectivity index (χ0v) is 11.9. The Balaban J connectivity index is 2.19. The van der Waals surface area contributed by atoms with Gasteiger partial charge in [0.25, 0.3) is 0 Å². The maximum atomic E-state index is 9.15. The van der Waals surface area contributed by atoms with Crippen molar-refractivity contribution in [3.8, 4) is 0 Å². The van der Waals surface area contributed by atoms with Crippen LogP contribution in [0.3, 0.4) is 0 Å². The average Bonchev–Trinajstić information content (AvgIpc) is 2.88. The zero-order chi connectivity index (χ0) is 13.0. The summed E-state index contributed by atoms with van der Waals surface area (Å²) in [6, 6.07) is 9.85. The zero-order valence-electron chi connectivity index (χ0n) is 10.3. The van der Waals surface area contributed by atoms with Gasteiger partial charge < -0.3 is 14.4 Å². The number of hydrogen-bond donors (Lipinski definition) is 1. The van der Waals surface area contributed by atoms with E-state index in [9.17, 15) is 0 Å². The molecule has 0 unspecified atom stereocenters. The molecule has 0 fully saturated rings. The van der Waals surface area contributed by atoms with Gasteiger partial charge in [0, 0.05) is 16.7 Å². The molecule has 0 aliphatic carbocycles. The highest BCUT2D eigenvalue weighted by molar-refractivity contribution is 9.10. The third-order valence-electron chi connectivity index (χ3n) is 2.88. The fourth-order valence-electron chi connectivity index (χ4n) is 1.84. The molecule has 2 aromatic rings. The summed E-state index contributed by atoms with van der Waals surface area (Å²) in [4.78, 5) is 2.21. The molecule has 0 aliphatic rings. The van der Waals surface area contributed by atoms with Gasteiger partial charge in [-0.05, 0) is 36.8 Å². The molecule has 1 aromatic carbocycles. The molecule has 4 heteroatoms. The molecule has 18 heavy (non-hydrogen) atoms. The van der Waals surface area contributed by atoms with Crippen LogP contribution in [0.25, 0.3) is 0 Å². The smallest absolute Gasteiger partial charge is 0.123 e. The summed E-state index contributed by atoms with van der Waals surface area (Å²) in [5.74, 6) is 0.944. The lowest BCUT2D eigenvalue weighted by atomic mass is 10.2. The van der Waals surface area contributed by atoms with Crippen molar-refractivity contribution in [2.45, 2.75) is 20.1 Å². The second-order valence-corrected chi connectivity index (χ2v) is 4.88. The van der Waals surface area contributed by atoms with E-state index in [1.807, 2.05) is 30.3 Å². The van der Waals surface area contributed by atoms with Gasteiger partial charge in [0.1, 0.15) is 5.76 Å². The predicted molar refractivity (Wildman–Crippen MR) is 75.5 cm³/mol. The van der Waals surface area contributed by atoms with Gasteiger partial charge in [-0.3, -0.25) is 0 Å². The quantitative estimate of drug-likeness (QED) is 0.917. The number of rotatable bonds is 5. The minimum Gasteiger partial charge on any atom is -0.467 e. The maximum Gasteiger partial charge on any atom is 0.123 e. The topological polar surface area (TPSA) is 36.6 Å². The summed E-state index contributed by atoms with van der Waals surface area (Å²) in [5.41, 5.74) is 2.01. The third kappa shape index (κ3) is 2.94. The normalized spacial score (nSPS) is 10.6. The Morgan fingerprint density at radius 3 is 2.72 bits per heavy atom. The average molecular weight is 310 g/mol. The van der Waals surface area contributed by atoms with Crippen LogP contribution in [0.15, 0.2) is 45.5 Å². The molecular formula is C14H16BrNO2. The van der Waals surface area contributed by atoms with Gasteiger partial charge in [-0.25, -0.2) is 0 Å². The Hall–Kier alpha value is -1.26. The Kier molecular flexibility index (Phi) is 4.44. The maximum absolute atomic E-state index is 9.15. The summed E-state index contributed by atoms with van der Waals surface area (Å²) in [7, 11) is 0. The fourth-order valence-corrected chi connectivity index (χ4v) is 2.33. The van der Waals surface area contributed by atoms with Crippen LogP contribution in [0.2, 0.25) is 0 Å². The molecule has 0 spiro atoms.